The van der Waals surface area contributed by atoms with E-state index in [-0.39, 0.29) is 6.04 Å². The molecule has 0 aliphatic carbocycles. The molecule has 90 valence electrons. The topological polar surface area (TPSA) is 56.7 Å². The summed E-state index contributed by atoms with van der Waals surface area (Å²) in [5.41, 5.74) is 9.18. The molecule has 1 atom stereocenters. The summed E-state index contributed by atoms with van der Waals surface area (Å²) in [4.78, 5) is 4.34. The van der Waals surface area contributed by atoms with Crippen molar-refractivity contribution < 1.29 is 0 Å². The summed E-state index contributed by atoms with van der Waals surface area (Å²) in [7, 11) is 1.89. The molecule has 4 nitrogen and oxygen atoms in total. The maximum atomic E-state index is 6.29. The van der Waals surface area contributed by atoms with Gasteiger partial charge >= 0.3 is 0 Å². The van der Waals surface area contributed by atoms with Crippen LogP contribution in [0.5, 0.6) is 0 Å². The highest BCUT2D eigenvalue weighted by atomic mass is 15.3. The maximum Gasteiger partial charge on any atom is 0.0837 e. The lowest BCUT2D eigenvalue weighted by Gasteiger charge is -2.12. The molecule has 0 radical (unpaired) electrons. The molecule has 0 saturated carbocycles. The van der Waals surface area contributed by atoms with Gasteiger partial charge in [0.15, 0.2) is 0 Å². The number of para-hydroxylation sites is 1. The van der Waals surface area contributed by atoms with Crippen LogP contribution in [0.3, 0.4) is 0 Å². The van der Waals surface area contributed by atoms with Gasteiger partial charge < -0.3 is 5.73 Å². The quantitative estimate of drug-likeness (QED) is 0.743. The van der Waals surface area contributed by atoms with Crippen LogP contribution in [-0.2, 0) is 7.05 Å². The van der Waals surface area contributed by atoms with E-state index in [2.05, 4.69) is 10.1 Å². The smallest absolute Gasteiger partial charge is 0.0837 e. The Morgan fingerprint density at radius 1 is 1.17 bits per heavy atom. The van der Waals surface area contributed by atoms with Crippen LogP contribution in [0.1, 0.15) is 17.3 Å². The fourth-order valence-corrected chi connectivity index (χ4v) is 2.15. The summed E-state index contributed by atoms with van der Waals surface area (Å²) in [6.07, 6.45) is 3.69. The summed E-state index contributed by atoms with van der Waals surface area (Å²) >= 11 is 0. The zero-order valence-corrected chi connectivity index (χ0v) is 10.1. The van der Waals surface area contributed by atoms with E-state index in [1.807, 2.05) is 49.6 Å². The first-order chi connectivity index (χ1) is 8.75. The monoisotopic (exact) mass is 238 g/mol. The Labute approximate surface area is 105 Å². The minimum absolute atomic E-state index is 0.223. The van der Waals surface area contributed by atoms with Crippen molar-refractivity contribution in [1.29, 1.82) is 0 Å². The van der Waals surface area contributed by atoms with Gasteiger partial charge in [0.25, 0.3) is 0 Å². The summed E-state index contributed by atoms with van der Waals surface area (Å²) in [5, 5.41) is 5.45. The molecule has 0 saturated heterocycles. The number of hydrogen-bond donors (Lipinski definition) is 1. The molecule has 3 rings (SSSR count). The molecule has 18 heavy (non-hydrogen) atoms. The highest BCUT2D eigenvalue weighted by Gasteiger charge is 2.14. The standard InChI is InChI=1S/C14H14N4/c1-18-9-7-13(17-18)14(15)11-6-8-16-12-5-3-2-4-10(11)12/h2-9,14H,15H2,1H3. The third-order valence-electron chi connectivity index (χ3n) is 3.07. The second-order valence-corrected chi connectivity index (χ2v) is 4.31. The van der Waals surface area contributed by atoms with Crippen LogP contribution < -0.4 is 5.73 Å². The number of aryl methyl sites for hydroxylation is 1. The molecule has 2 aromatic heterocycles. The summed E-state index contributed by atoms with van der Waals surface area (Å²) in [6, 6.07) is 11.7. The molecule has 0 aliphatic heterocycles. The zero-order valence-electron chi connectivity index (χ0n) is 10.1. The van der Waals surface area contributed by atoms with E-state index in [9.17, 15) is 0 Å². The van der Waals surface area contributed by atoms with E-state index in [4.69, 9.17) is 5.73 Å². The third kappa shape index (κ3) is 1.76. The van der Waals surface area contributed by atoms with Crippen LogP contribution in [0.4, 0.5) is 0 Å². The number of fused-ring (bicyclic) bond motifs is 1. The van der Waals surface area contributed by atoms with Gasteiger partial charge in [-0.2, -0.15) is 5.10 Å². The zero-order chi connectivity index (χ0) is 12.5. The second kappa shape index (κ2) is 4.23. The number of benzene rings is 1. The van der Waals surface area contributed by atoms with Gasteiger partial charge in [-0.1, -0.05) is 18.2 Å². The summed E-state index contributed by atoms with van der Waals surface area (Å²) < 4.78 is 1.76. The average molecular weight is 238 g/mol. The fraction of sp³-hybridized carbons (Fsp3) is 0.143. The normalized spacial score (nSPS) is 12.8. The Balaban J connectivity index is 2.14. The van der Waals surface area contributed by atoms with E-state index in [0.717, 1.165) is 22.2 Å². The van der Waals surface area contributed by atoms with Crippen molar-refractivity contribution in [2.45, 2.75) is 6.04 Å². The van der Waals surface area contributed by atoms with Crippen LogP contribution in [0, 0.1) is 0 Å². The lowest BCUT2D eigenvalue weighted by Crippen LogP contribution is -2.13. The third-order valence-corrected chi connectivity index (χ3v) is 3.07. The molecule has 3 aromatic rings. The van der Waals surface area contributed by atoms with Crippen molar-refractivity contribution in [2.24, 2.45) is 12.8 Å². The second-order valence-electron chi connectivity index (χ2n) is 4.31. The number of pyridine rings is 1. The molecule has 0 aliphatic rings. The predicted octanol–water partition coefficient (Wildman–Crippen LogP) is 2.02. The van der Waals surface area contributed by atoms with Gasteiger partial charge in [-0.05, 0) is 23.8 Å². The van der Waals surface area contributed by atoms with E-state index < -0.39 is 0 Å². The van der Waals surface area contributed by atoms with Crippen molar-refractivity contribution in [3.05, 3.63) is 60.0 Å². The minimum Gasteiger partial charge on any atom is -0.319 e. The van der Waals surface area contributed by atoms with Gasteiger partial charge in [0.1, 0.15) is 0 Å². The SMILES string of the molecule is Cn1ccc(C(N)c2ccnc3ccccc23)n1. The number of nitrogens with two attached hydrogens (primary N) is 1. The highest BCUT2D eigenvalue weighted by molar-refractivity contribution is 5.82. The Hall–Kier alpha value is -2.20. The van der Waals surface area contributed by atoms with E-state index in [0.29, 0.717) is 0 Å². The van der Waals surface area contributed by atoms with Crippen LogP contribution in [0.25, 0.3) is 10.9 Å². The summed E-state index contributed by atoms with van der Waals surface area (Å²) in [6.45, 7) is 0. The molecule has 0 spiro atoms. The Morgan fingerprint density at radius 2 is 2.00 bits per heavy atom. The Morgan fingerprint density at radius 3 is 2.78 bits per heavy atom. The molecule has 0 amide bonds. The molecular formula is C14H14N4. The molecular weight excluding hydrogens is 224 g/mol. The average Bonchev–Trinajstić information content (AvgIpc) is 2.84. The van der Waals surface area contributed by atoms with Crippen LogP contribution in [-0.4, -0.2) is 14.8 Å². The minimum atomic E-state index is -0.223. The van der Waals surface area contributed by atoms with E-state index >= 15 is 0 Å². The van der Waals surface area contributed by atoms with Crippen molar-refractivity contribution in [3.8, 4) is 0 Å². The predicted molar refractivity (Wildman–Crippen MR) is 71.0 cm³/mol. The molecule has 0 fully saturated rings. The lowest BCUT2D eigenvalue weighted by atomic mass is 10.0. The van der Waals surface area contributed by atoms with Crippen LogP contribution in [0.2, 0.25) is 0 Å². The van der Waals surface area contributed by atoms with Gasteiger partial charge in [0, 0.05) is 24.8 Å². The number of aromatic nitrogens is 3. The number of nitrogens with zero attached hydrogens (tertiary/aromatic N) is 3. The maximum absolute atomic E-state index is 6.29. The molecule has 2 N–H and O–H groups in total. The van der Waals surface area contributed by atoms with Gasteiger partial charge in [-0.3, -0.25) is 9.67 Å². The molecule has 1 aromatic carbocycles. The first-order valence-electron chi connectivity index (χ1n) is 5.84. The van der Waals surface area contributed by atoms with Gasteiger partial charge in [-0.25, -0.2) is 0 Å². The molecule has 1 unspecified atom stereocenters. The summed E-state index contributed by atoms with van der Waals surface area (Å²) in [5.74, 6) is 0. The molecule has 2 heterocycles. The fourth-order valence-electron chi connectivity index (χ4n) is 2.15. The van der Waals surface area contributed by atoms with Crippen molar-refractivity contribution in [2.75, 3.05) is 0 Å². The highest BCUT2D eigenvalue weighted by Crippen LogP contribution is 2.24. The molecule has 4 heteroatoms. The van der Waals surface area contributed by atoms with Crippen LogP contribution in [0.15, 0.2) is 48.8 Å². The van der Waals surface area contributed by atoms with Gasteiger partial charge in [0.2, 0.25) is 0 Å². The van der Waals surface area contributed by atoms with Crippen molar-refractivity contribution >= 4 is 10.9 Å². The number of rotatable bonds is 2. The Kier molecular flexibility index (Phi) is 2.57. The van der Waals surface area contributed by atoms with Crippen LogP contribution >= 0.6 is 0 Å². The first kappa shape index (κ1) is 10.9. The number of hydrogen-bond acceptors (Lipinski definition) is 3. The van der Waals surface area contributed by atoms with E-state index in [1.54, 1.807) is 10.9 Å². The van der Waals surface area contributed by atoms with Crippen molar-refractivity contribution in [1.82, 2.24) is 14.8 Å². The van der Waals surface area contributed by atoms with E-state index in [1.165, 1.54) is 0 Å². The van der Waals surface area contributed by atoms with Gasteiger partial charge in [0.05, 0.1) is 17.3 Å². The largest absolute Gasteiger partial charge is 0.319 e. The van der Waals surface area contributed by atoms with Gasteiger partial charge in [-0.15, -0.1) is 0 Å². The lowest BCUT2D eigenvalue weighted by molar-refractivity contribution is 0.717. The Bertz CT molecular complexity index is 682. The van der Waals surface area contributed by atoms with Crippen molar-refractivity contribution in [3.63, 3.8) is 0 Å². The first-order valence-corrected chi connectivity index (χ1v) is 5.84. The molecule has 0 bridgehead atoms.